The van der Waals surface area contributed by atoms with Crippen LogP contribution in [-0.4, -0.2) is 56.5 Å². The monoisotopic (exact) mass is 313 g/mol. The molecule has 6 nitrogen and oxygen atoms in total. The summed E-state index contributed by atoms with van der Waals surface area (Å²) in [6.07, 6.45) is 0.936. The standard InChI is InChI=1S/C8H15NO2.C8H12O3/c1-6(2)8(10)11-7(3)9(4)5;1-6(2)8(9)10-4-3-7-5-11-7/h7H,1H2,2-5H3;7H,1,3-5H2,2H3. The zero-order valence-corrected chi connectivity index (χ0v) is 14.2. The van der Waals surface area contributed by atoms with Gasteiger partial charge in [0.25, 0.3) is 0 Å². The molecule has 1 fully saturated rings. The second-order valence-electron chi connectivity index (χ2n) is 5.41. The van der Waals surface area contributed by atoms with Gasteiger partial charge in [-0.2, -0.15) is 0 Å². The topological polar surface area (TPSA) is 68.4 Å². The molecular formula is C16H27NO5. The van der Waals surface area contributed by atoms with Crippen molar-refractivity contribution in [3.05, 3.63) is 24.3 Å². The van der Waals surface area contributed by atoms with E-state index in [4.69, 9.17) is 14.2 Å². The van der Waals surface area contributed by atoms with Crippen LogP contribution in [0.25, 0.3) is 0 Å². The summed E-state index contributed by atoms with van der Waals surface area (Å²) in [7, 11) is 3.69. The highest BCUT2D eigenvalue weighted by molar-refractivity contribution is 5.87. The predicted molar refractivity (Wildman–Crippen MR) is 84.2 cm³/mol. The van der Waals surface area contributed by atoms with E-state index in [9.17, 15) is 9.59 Å². The van der Waals surface area contributed by atoms with Crippen LogP contribution in [0.1, 0.15) is 27.2 Å². The van der Waals surface area contributed by atoms with Gasteiger partial charge >= 0.3 is 11.9 Å². The zero-order chi connectivity index (χ0) is 17.3. The van der Waals surface area contributed by atoms with Crippen LogP contribution in [0.3, 0.4) is 0 Å². The Hall–Kier alpha value is -1.66. The maximum atomic E-state index is 10.9. The average molecular weight is 313 g/mol. The van der Waals surface area contributed by atoms with Crippen molar-refractivity contribution in [1.82, 2.24) is 4.90 Å². The van der Waals surface area contributed by atoms with Crippen LogP contribution in [0.5, 0.6) is 0 Å². The largest absolute Gasteiger partial charge is 0.462 e. The molecule has 0 aromatic rings. The predicted octanol–water partition coefficient (Wildman–Crippen LogP) is 1.91. The molecule has 1 aliphatic rings. The fourth-order valence-corrected chi connectivity index (χ4v) is 1.00. The molecule has 0 aromatic carbocycles. The first kappa shape index (κ1) is 20.3. The van der Waals surface area contributed by atoms with E-state index in [0.29, 0.717) is 23.9 Å². The van der Waals surface area contributed by atoms with Crippen molar-refractivity contribution in [2.24, 2.45) is 0 Å². The minimum atomic E-state index is -0.341. The Kier molecular flexibility index (Phi) is 9.37. The molecule has 2 atom stereocenters. The number of rotatable bonds is 7. The van der Waals surface area contributed by atoms with Gasteiger partial charge in [0.1, 0.15) is 0 Å². The number of carbonyl (C=O) groups excluding carboxylic acids is 2. The fourth-order valence-electron chi connectivity index (χ4n) is 1.00. The summed E-state index contributed by atoms with van der Waals surface area (Å²) in [4.78, 5) is 23.5. The van der Waals surface area contributed by atoms with Crippen LogP contribution < -0.4 is 0 Å². The van der Waals surface area contributed by atoms with Gasteiger partial charge in [0.15, 0.2) is 6.23 Å². The molecule has 1 saturated heterocycles. The van der Waals surface area contributed by atoms with Crippen molar-refractivity contribution in [3.63, 3.8) is 0 Å². The van der Waals surface area contributed by atoms with Crippen LogP contribution >= 0.6 is 0 Å². The quantitative estimate of drug-likeness (QED) is 0.309. The second-order valence-corrected chi connectivity index (χ2v) is 5.41. The Morgan fingerprint density at radius 2 is 1.73 bits per heavy atom. The van der Waals surface area contributed by atoms with Crippen molar-refractivity contribution in [1.29, 1.82) is 0 Å². The normalized spacial score (nSPS) is 16.9. The number of hydrogen-bond acceptors (Lipinski definition) is 6. The molecule has 1 aliphatic heterocycles. The van der Waals surface area contributed by atoms with E-state index in [2.05, 4.69) is 13.2 Å². The molecule has 0 saturated carbocycles. The molecule has 0 aliphatic carbocycles. The van der Waals surface area contributed by atoms with Crippen LogP contribution in [0, 0.1) is 0 Å². The van der Waals surface area contributed by atoms with Crippen molar-refractivity contribution >= 4 is 11.9 Å². The average Bonchev–Trinajstić information content (AvgIpc) is 3.22. The molecule has 0 N–H and O–H groups in total. The first-order valence-corrected chi connectivity index (χ1v) is 7.12. The Bertz CT molecular complexity index is 413. The molecule has 126 valence electrons. The molecule has 0 radical (unpaired) electrons. The third kappa shape index (κ3) is 10.1. The minimum absolute atomic E-state index is 0.195. The second kappa shape index (κ2) is 10.1. The van der Waals surface area contributed by atoms with Crippen molar-refractivity contribution in [2.75, 3.05) is 27.3 Å². The lowest BCUT2D eigenvalue weighted by atomic mass is 10.3. The molecule has 0 bridgehead atoms. The van der Waals surface area contributed by atoms with Gasteiger partial charge in [0.05, 0.1) is 19.3 Å². The third-order valence-electron chi connectivity index (χ3n) is 2.78. The van der Waals surface area contributed by atoms with Crippen molar-refractivity contribution in [2.45, 2.75) is 39.5 Å². The molecule has 2 unspecified atom stereocenters. The van der Waals surface area contributed by atoms with E-state index in [1.54, 1.807) is 25.7 Å². The van der Waals surface area contributed by atoms with Gasteiger partial charge in [0.2, 0.25) is 0 Å². The van der Waals surface area contributed by atoms with E-state index >= 15 is 0 Å². The SMILES string of the molecule is C=C(C)C(=O)OC(C)N(C)C.C=C(C)C(=O)OCCC1CO1. The molecule has 0 amide bonds. The Morgan fingerprint density at radius 1 is 1.23 bits per heavy atom. The first-order valence-electron chi connectivity index (χ1n) is 7.12. The van der Waals surface area contributed by atoms with Crippen LogP contribution in [0.4, 0.5) is 0 Å². The van der Waals surface area contributed by atoms with E-state index in [1.165, 1.54) is 0 Å². The Morgan fingerprint density at radius 3 is 2.09 bits per heavy atom. The van der Waals surface area contributed by atoms with Crippen LogP contribution in [-0.2, 0) is 23.8 Å². The van der Waals surface area contributed by atoms with E-state index in [-0.39, 0.29) is 18.2 Å². The summed E-state index contributed by atoms with van der Waals surface area (Å²) in [6, 6.07) is 0. The van der Waals surface area contributed by atoms with Gasteiger partial charge in [-0.25, -0.2) is 9.59 Å². The highest BCUT2D eigenvalue weighted by Gasteiger charge is 2.22. The minimum Gasteiger partial charge on any atom is -0.462 e. The maximum Gasteiger partial charge on any atom is 0.334 e. The zero-order valence-electron chi connectivity index (χ0n) is 14.2. The molecule has 22 heavy (non-hydrogen) atoms. The van der Waals surface area contributed by atoms with Crippen LogP contribution in [0.15, 0.2) is 24.3 Å². The number of nitrogens with zero attached hydrogens (tertiary/aromatic N) is 1. The van der Waals surface area contributed by atoms with Gasteiger partial charge in [-0.3, -0.25) is 4.90 Å². The third-order valence-corrected chi connectivity index (χ3v) is 2.78. The van der Waals surface area contributed by atoms with Crippen LogP contribution in [0.2, 0.25) is 0 Å². The fraction of sp³-hybridized carbons (Fsp3) is 0.625. The smallest absolute Gasteiger partial charge is 0.334 e. The molecule has 1 heterocycles. The lowest BCUT2D eigenvalue weighted by Crippen LogP contribution is -2.30. The highest BCUT2D eigenvalue weighted by atomic mass is 16.6. The van der Waals surface area contributed by atoms with Gasteiger partial charge < -0.3 is 14.2 Å². The maximum absolute atomic E-state index is 10.9. The number of epoxide rings is 1. The first-order chi connectivity index (χ1) is 10.1. The summed E-state index contributed by atoms with van der Waals surface area (Å²) in [6.45, 7) is 13.3. The Labute approximate surface area is 132 Å². The molecule has 6 heteroatoms. The Balaban J connectivity index is 0.000000401. The molecule has 1 rings (SSSR count). The van der Waals surface area contributed by atoms with Gasteiger partial charge in [-0.15, -0.1) is 0 Å². The number of esters is 2. The lowest BCUT2D eigenvalue weighted by Gasteiger charge is -2.19. The van der Waals surface area contributed by atoms with E-state index < -0.39 is 0 Å². The van der Waals surface area contributed by atoms with Gasteiger partial charge in [-0.1, -0.05) is 13.2 Å². The van der Waals surface area contributed by atoms with Crippen molar-refractivity contribution in [3.8, 4) is 0 Å². The number of carbonyl (C=O) groups is 2. The summed E-state index contributed by atoms with van der Waals surface area (Å²) in [5, 5.41) is 0. The number of hydrogen-bond donors (Lipinski definition) is 0. The van der Waals surface area contributed by atoms with E-state index in [1.807, 2.05) is 14.1 Å². The number of ether oxygens (including phenoxy) is 3. The van der Waals surface area contributed by atoms with Crippen molar-refractivity contribution < 1.29 is 23.8 Å². The summed E-state index contributed by atoms with van der Waals surface area (Å²) >= 11 is 0. The summed E-state index contributed by atoms with van der Waals surface area (Å²) in [5.41, 5.74) is 0.875. The molecule has 0 aromatic heterocycles. The summed E-state index contributed by atoms with van der Waals surface area (Å²) < 4.78 is 14.7. The molecule has 0 spiro atoms. The molecular weight excluding hydrogens is 286 g/mol. The summed E-state index contributed by atoms with van der Waals surface area (Å²) in [5.74, 6) is -0.656. The lowest BCUT2D eigenvalue weighted by molar-refractivity contribution is -0.150. The van der Waals surface area contributed by atoms with Gasteiger partial charge in [0, 0.05) is 17.6 Å². The van der Waals surface area contributed by atoms with Gasteiger partial charge in [-0.05, 0) is 34.9 Å². The highest BCUT2D eigenvalue weighted by Crippen LogP contribution is 2.13. The van der Waals surface area contributed by atoms with E-state index in [0.717, 1.165) is 13.0 Å².